The number of benzene rings is 1. The number of amides is 1. The van der Waals surface area contributed by atoms with Gasteiger partial charge in [-0.1, -0.05) is 18.2 Å². The van der Waals surface area contributed by atoms with Crippen LogP contribution in [-0.4, -0.2) is 58.3 Å². The van der Waals surface area contributed by atoms with Crippen LogP contribution in [0.25, 0.3) is 0 Å². The first kappa shape index (κ1) is 29.5. The van der Waals surface area contributed by atoms with E-state index in [0.29, 0.717) is 13.1 Å². The lowest BCUT2D eigenvalue weighted by molar-refractivity contribution is -0.274. The predicted octanol–water partition coefficient (Wildman–Crippen LogP) is 4.24. The van der Waals surface area contributed by atoms with Gasteiger partial charge in [-0.2, -0.15) is 10.2 Å². The number of carbonyl (C=O) groups is 2. The van der Waals surface area contributed by atoms with Gasteiger partial charge in [-0.15, -0.1) is 13.2 Å². The number of halogens is 3. The number of likely N-dealkylation sites (tertiary alicyclic amines) is 1. The lowest BCUT2D eigenvalue weighted by Gasteiger charge is -2.21. The standard InChI is InChI=1S/C26H31F3N6O4/c1-25(2,3)39-22(37)12-17-9-11-35(16-17)21(36)8-10-31-23-19(13-30)15-33-24(34-23)32-14-18-6-4-5-7-20(18)38-26(27,28)29/h4-7,15,17H,8-12,14,16H2,1-3H3,(H2,31,32,33,34)/t17-/m0/s1. The van der Waals surface area contributed by atoms with Gasteiger partial charge in [0.25, 0.3) is 0 Å². The normalized spacial score (nSPS) is 15.4. The Labute approximate surface area is 224 Å². The van der Waals surface area contributed by atoms with Crippen LogP contribution in [0.5, 0.6) is 5.75 Å². The van der Waals surface area contributed by atoms with Crippen LogP contribution < -0.4 is 15.4 Å². The van der Waals surface area contributed by atoms with Crippen LogP contribution in [-0.2, 0) is 20.9 Å². The Kier molecular flexibility index (Phi) is 9.56. The maximum atomic E-state index is 12.7. The molecule has 1 aromatic heterocycles. The van der Waals surface area contributed by atoms with E-state index < -0.39 is 12.0 Å². The SMILES string of the molecule is CC(C)(C)OC(=O)C[C@@H]1CCN(C(=O)CCNc2nc(NCc3ccccc3OC(F)(F)F)ncc2C#N)C1. The van der Waals surface area contributed by atoms with Crippen molar-refractivity contribution in [2.75, 3.05) is 30.3 Å². The molecule has 210 valence electrons. The number of hydrogen-bond acceptors (Lipinski definition) is 9. The Bertz CT molecular complexity index is 1210. The topological polar surface area (TPSA) is 129 Å². The summed E-state index contributed by atoms with van der Waals surface area (Å²) in [5, 5.41) is 15.2. The predicted molar refractivity (Wildman–Crippen MR) is 135 cm³/mol. The van der Waals surface area contributed by atoms with Gasteiger partial charge in [-0.3, -0.25) is 9.59 Å². The molecule has 1 fully saturated rings. The van der Waals surface area contributed by atoms with Crippen LogP contribution in [0.1, 0.15) is 51.2 Å². The second kappa shape index (κ2) is 12.6. The third-order valence-corrected chi connectivity index (χ3v) is 5.69. The molecule has 1 atom stereocenters. The highest BCUT2D eigenvalue weighted by Gasteiger charge is 2.32. The van der Waals surface area contributed by atoms with Gasteiger partial charge in [0.1, 0.15) is 28.8 Å². The summed E-state index contributed by atoms with van der Waals surface area (Å²) in [6.45, 7) is 6.59. The van der Waals surface area contributed by atoms with E-state index in [0.717, 1.165) is 6.42 Å². The van der Waals surface area contributed by atoms with Crippen molar-refractivity contribution in [3.05, 3.63) is 41.6 Å². The van der Waals surface area contributed by atoms with E-state index in [9.17, 15) is 28.0 Å². The number of hydrogen-bond donors (Lipinski definition) is 2. The van der Waals surface area contributed by atoms with Crippen molar-refractivity contribution < 1.29 is 32.2 Å². The zero-order valence-corrected chi connectivity index (χ0v) is 22.0. The number of nitrogens with zero attached hydrogens (tertiary/aromatic N) is 4. The fourth-order valence-corrected chi connectivity index (χ4v) is 4.02. The molecule has 0 saturated carbocycles. The molecular formula is C26H31F3N6O4. The van der Waals surface area contributed by atoms with E-state index in [1.807, 2.05) is 26.8 Å². The monoisotopic (exact) mass is 548 g/mol. The Balaban J connectivity index is 1.52. The number of nitriles is 1. The van der Waals surface area contributed by atoms with Crippen molar-refractivity contribution in [3.8, 4) is 11.8 Å². The first-order valence-corrected chi connectivity index (χ1v) is 12.4. The second-order valence-corrected chi connectivity index (χ2v) is 10.0. The number of anilines is 2. The summed E-state index contributed by atoms with van der Waals surface area (Å²) in [6.07, 6.45) is -2.44. The molecule has 13 heteroatoms. The van der Waals surface area contributed by atoms with Crippen molar-refractivity contribution in [1.82, 2.24) is 14.9 Å². The van der Waals surface area contributed by atoms with E-state index in [2.05, 4.69) is 25.3 Å². The van der Waals surface area contributed by atoms with Crippen LogP contribution in [0.3, 0.4) is 0 Å². The van der Waals surface area contributed by atoms with Crippen molar-refractivity contribution in [3.63, 3.8) is 0 Å². The molecule has 1 saturated heterocycles. The van der Waals surface area contributed by atoms with Crippen molar-refractivity contribution in [2.45, 2.75) is 58.5 Å². The summed E-state index contributed by atoms with van der Waals surface area (Å²) in [4.78, 5) is 34.7. The number of para-hydroxylation sites is 1. The Morgan fingerprint density at radius 2 is 1.95 bits per heavy atom. The zero-order chi connectivity index (χ0) is 28.6. The van der Waals surface area contributed by atoms with E-state index in [-0.39, 0.29) is 72.4 Å². The van der Waals surface area contributed by atoms with E-state index in [1.165, 1.54) is 24.4 Å². The van der Waals surface area contributed by atoms with Crippen LogP contribution in [0.2, 0.25) is 0 Å². The summed E-state index contributed by atoms with van der Waals surface area (Å²) in [7, 11) is 0. The molecule has 1 aliphatic rings. The summed E-state index contributed by atoms with van der Waals surface area (Å²) in [5.74, 6) is -0.415. The number of nitrogens with one attached hydrogen (secondary N) is 2. The quantitative estimate of drug-likeness (QED) is 0.419. The molecule has 1 amide bonds. The first-order chi connectivity index (χ1) is 18.3. The zero-order valence-electron chi connectivity index (χ0n) is 22.0. The highest BCUT2D eigenvalue weighted by atomic mass is 19.4. The summed E-state index contributed by atoms with van der Waals surface area (Å²) < 4.78 is 47.4. The average molecular weight is 549 g/mol. The third-order valence-electron chi connectivity index (χ3n) is 5.69. The molecule has 39 heavy (non-hydrogen) atoms. The first-order valence-electron chi connectivity index (χ1n) is 12.4. The highest BCUT2D eigenvalue weighted by molar-refractivity contribution is 5.77. The van der Waals surface area contributed by atoms with Crippen LogP contribution in [0.15, 0.2) is 30.5 Å². The molecule has 2 aromatic rings. The fourth-order valence-electron chi connectivity index (χ4n) is 4.02. The van der Waals surface area contributed by atoms with Gasteiger partial charge in [0.05, 0.1) is 12.6 Å². The van der Waals surface area contributed by atoms with Crippen molar-refractivity contribution >= 4 is 23.6 Å². The van der Waals surface area contributed by atoms with Crippen LogP contribution in [0.4, 0.5) is 24.9 Å². The van der Waals surface area contributed by atoms with E-state index >= 15 is 0 Å². The fraction of sp³-hybridized carbons (Fsp3) is 0.500. The molecule has 0 spiro atoms. The van der Waals surface area contributed by atoms with Crippen LogP contribution in [0, 0.1) is 17.2 Å². The molecule has 0 bridgehead atoms. The number of aromatic nitrogens is 2. The van der Waals surface area contributed by atoms with Gasteiger partial charge in [-0.25, -0.2) is 4.98 Å². The van der Waals surface area contributed by atoms with E-state index in [4.69, 9.17) is 4.74 Å². The smallest absolute Gasteiger partial charge is 0.460 e. The molecular weight excluding hydrogens is 517 g/mol. The number of carbonyl (C=O) groups excluding carboxylic acids is 2. The minimum Gasteiger partial charge on any atom is -0.460 e. The molecule has 0 aliphatic carbocycles. The van der Waals surface area contributed by atoms with Gasteiger partial charge in [-0.05, 0) is 39.2 Å². The molecule has 2 heterocycles. The third kappa shape index (κ3) is 9.63. The number of rotatable bonds is 10. The highest BCUT2D eigenvalue weighted by Crippen LogP contribution is 2.27. The van der Waals surface area contributed by atoms with Gasteiger partial charge in [0.15, 0.2) is 0 Å². The van der Waals surface area contributed by atoms with Crippen molar-refractivity contribution in [2.24, 2.45) is 5.92 Å². The lowest BCUT2D eigenvalue weighted by Crippen LogP contribution is -2.31. The number of esters is 1. The lowest BCUT2D eigenvalue weighted by atomic mass is 10.1. The summed E-state index contributed by atoms with van der Waals surface area (Å²) in [6, 6.07) is 7.64. The molecule has 2 N–H and O–H groups in total. The summed E-state index contributed by atoms with van der Waals surface area (Å²) in [5.41, 5.74) is -0.174. The molecule has 0 radical (unpaired) electrons. The minimum absolute atomic E-state index is 0.0455. The number of alkyl halides is 3. The maximum Gasteiger partial charge on any atom is 0.573 e. The largest absolute Gasteiger partial charge is 0.573 e. The molecule has 3 rings (SSSR count). The maximum absolute atomic E-state index is 12.7. The minimum atomic E-state index is -4.83. The number of ether oxygens (including phenoxy) is 2. The van der Waals surface area contributed by atoms with Gasteiger partial charge < -0.3 is 25.0 Å². The Hall–Kier alpha value is -4.08. The Morgan fingerprint density at radius 1 is 1.21 bits per heavy atom. The molecule has 1 aromatic carbocycles. The molecule has 10 nitrogen and oxygen atoms in total. The molecule has 1 aliphatic heterocycles. The van der Waals surface area contributed by atoms with Gasteiger partial charge in [0.2, 0.25) is 11.9 Å². The van der Waals surface area contributed by atoms with E-state index in [1.54, 1.807) is 11.0 Å². The van der Waals surface area contributed by atoms with Crippen molar-refractivity contribution in [1.29, 1.82) is 5.26 Å². The van der Waals surface area contributed by atoms with Gasteiger partial charge >= 0.3 is 12.3 Å². The summed E-state index contributed by atoms with van der Waals surface area (Å²) >= 11 is 0. The average Bonchev–Trinajstić information content (AvgIpc) is 3.30. The molecule has 0 unspecified atom stereocenters. The second-order valence-electron chi connectivity index (χ2n) is 10.0. The Morgan fingerprint density at radius 3 is 2.64 bits per heavy atom. The van der Waals surface area contributed by atoms with Gasteiger partial charge in [0, 0.05) is 38.2 Å². The van der Waals surface area contributed by atoms with Crippen LogP contribution >= 0.6 is 0 Å².